The second-order valence-corrected chi connectivity index (χ2v) is 13.9. The van der Waals surface area contributed by atoms with Gasteiger partial charge in [-0.2, -0.15) is 10.2 Å². The van der Waals surface area contributed by atoms with Crippen molar-refractivity contribution in [3.63, 3.8) is 0 Å². The second-order valence-electron chi connectivity index (χ2n) is 12.0. The highest BCUT2D eigenvalue weighted by atomic mass is 79.9. The van der Waals surface area contributed by atoms with Gasteiger partial charge in [0, 0.05) is 55.4 Å². The average molecular weight is 911 g/mol. The highest BCUT2D eigenvalue weighted by Gasteiger charge is 2.22. The number of esters is 2. The van der Waals surface area contributed by atoms with Gasteiger partial charge in [-0.1, -0.05) is 57.8 Å². The van der Waals surface area contributed by atoms with Crippen molar-refractivity contribution in [1.29, 1.82) is 0 Å². The third-order valence-corrected chi connectivity index (χ3v) is 8.95. The van der Waals surface area contributed by atoms with Crippen LogP contribution in [-0.4, -0.2) is 48.0 Å². The Kier molecular flexibility index (Phi) is 14.9. The molecule has 0 saturated carbocycles. The van der Waals surface area contributed by atoms with E-state index in [1.54, 1.807) is 74.5 Å². The molecule has 5 aromatic rings. The van der Waals surface area contributed by atoms with Crippen molar-refractivity contribution in [2.24, 2.45) is 10.2 Å². The normalized spacial score (nSPS) is 10.8. The summed E-state index contributed by atoms with van der Waals surface area (Å²) in [5.41, 5.74) is 6.99. The summed E-state index contributed by atoms with van der Waals surface area (Å²) in [5.74, 6) is -2.92. The van der Waals surface area contributed by atoms with E-state index in [0.29, 0.717) is 55.4 Å². The molecule has 0 aliphatic carbocycles. The third-order valence-electron chi connectivity index (χ3n) is 7.96. The smallest absolute Gasteiger partial charge is 0.344 e. The first-order chi connectivity index (χ1) is 27.9. The minimum Gasteiger partial charge on any atom is -0.422 e. The van der Waals surface area contributed by atoms with Gasteiger partial charge < -0.3 is 20.1 Å². The van der Waals surface area contributed by atoms with Gasteiger partial charge in [-0.15, -0.1) is 0 Å². The summed E-state index contributed by atoms with van der Waals surface area (Å²) in [7, 11) is 0. The average Bonchev–Trinajstić information content (AvgIpc) is 3.22. The van der Waals surface area contributed by atoms with Crippen LogP contribution in [0.4, 0.5) is 11.4 Å². The first-order valence-electron chi connectivity index (χ1n) is 17.5. The minimum absolute atomic E-state index is 0.0815. The molecule has 0 heterocycles. The van der Waals surface area contributed by atoms with Gasteiger partial charge in [0.1, 0.15) is 11.5 Å². The van der Waals surface area contributed by atoms with Crippen molar-refractivity contribution in [2.45, 2.75) is 26.7 Å². The predicted octanol–water partition coefficient (Wildman–Crippen LogP) is 7.87. The largest absolute Gasteiger partial charge is 0.422 e. The van der Waals surface area contributed by atoms with E-state index in [-0.39, 0.29) is 34.4 Å². The van der Waals surface area contributed by atoms with Gasteiger partial charge in [-0.25, -0.2) is 20.4 Å². The molecule has 294 valence electrons. The monoisotopic (exact) mass is 908 g/mol. The highest BCUT2D eigenvalue weighted by Crippen LogP contribution is 2.26. The molecule has 0 radical (unpaired) electrons. The molecule has 16 heteroatoms. The Labute approximate surface area is 349 Å². The van der Waals surface area contributed by atoms with E-state index in [1.165, 1.54) is 61.0 Å². The van der Waals surface area contributed by atoms with Crippen LogP contribution in [0.1, 0.15) is 79.2 Å². The lowest BCUT2D eigenvalue weighted by Gasteiger charge is -2.12. The maximum Gasteiger partial charge on any atom is 0.344 e. The lowest BCUT2D eigenvalue weighted by Crippen LogP contribution is -2.19. The number of carbonyl (C=O) groups is 6. The molecule has 0 fully saturated rings. The van der Waals surface area contributed by atoms with E-state index >= 15 is 0 Å². The van der Waals surface area contributed by atoms with Gasteiger partial charge in [0.25, 0.3) is 11.8 Å². The number of benzene rings is 5. The van der Waals surface area contributed by atoms with Gasteiger partial charge in [-0.3, -0.25) is 19.2 Å². The molecule has 14 nitrogen and oxygen atoms in total. The number of nitrogens with one attached hydrogen (secondary N) is 4. The summed E-state index contributed by atoms with van der Waals surface area (Å²) in [6.07, 6.45) is 3.23. The van der Waals surface area contributed by atoms with Crippen LogP contribution < -0.4 is 31.0 Å². The Morgan fingerprint density at radius 2 is 0.931 bits per heavy atom. The number of amides is 4. The Morgan fingerprint density at radius 3 is 1.29 bits per heavy atom. The fourth-order valence-electron chi connectivity index (χ4n) is 4.93. The lowest BCUT2D eigenvalue weighted by molar-refractivity contribution is -0.116. The molecular weight excluding hydrogens is 876 g/mol. The number of anilines is 2. The maximum absolute atomic E-state index is 13.6. The van der Waals surface area contributed by atoms with Crippen molar-refractivity contribution in [2.75, 3.05) is 10.6 Å². The molecule has 0 spiro atoms. The molecule has 0 atom stereocenters. The van der Waals surface area contributed by atoms with Crippen LogP contribution in [0, 0.1) is 0 Å². The van der Waals surface area contributed by atoms with E-state index in [0.717, 1.165) is 0 Å². The molecule has 0 aliphatic heterocycles. The summed E-state index contributed by atoms with van der Waals surface area (Å²) in [6.45, 7) is 3.47. The lowest BCUT2D eigenvalue weighted by atomic mass is 10.1. The fourth-order valence-corrected chi connectivity index (χ4v) is 5.69. The van der Waals surface area contributed by atoms with Gasteiger partial charge >= 0.3 is 11.9 Å². The van der Waals surface area contributed by atoms with Crippen LogP contribution >= 0.6 is 31.9 Å². The minimum atomic E-state index is -0.870. The molecule has 58 heavy (non-hydrogen) atoms. The SMILES string of the molecule is CCC(=O)Nc1ccc(C(=O)N/N=C/c2cc(Br)ccc2OC(=O)c2ccccc2C(=O)Oc2ccc(Br)cc2/C=N/NC(=O)c2ccc(NC(=O)CC)cc2)cc1. The Morgan fingerprint density at radius 1 is 0.552 bits per heavy atom. The van der Waals surface area contributed by atoms with Crippen LogP contribution in [0.15, 0.2) is 128 Å². The zero-order valence-electron chi connectivity index (χ0n) is 30.9. The Hall–Kier alpha value is -6.78. The van der Waals surface area contributed by atoms with Crippen LogP contribution in [0.2, 0.25) is 0 Å². The van der Waals surface area contributed by atoms with Crippen molar-refractivity contribution in [1.82, 2.24) is 10.9 Å². The van der Waals surface area contributed by atoms with Gasteiger partial charge in [0.05, 0.1) is 23.6 Å². The topological polar surface area (TPSA) is 194 Å². The van der Waals surface area contributed by atoms with E-state index < -0.39 is 23.8 Å². The Balaban J connectivity index is 1.25. The summed E-state index contributed by atoms with van der Waals surface area (Å²) in [5, 5.41) is 13.5. The second kappa shape index (κ2) is 20.4. The predicted molar refractivity (Wildman–Crippen MR) is 225 cm³/mol. The van der Waals surface area contributed by atoms with Crippen molar-refractivity contribution >= 4 is 91.2 Å². The molecule has 0 aromatic heterocycles. The van der Waals surface area contributed by atoms with Crippen LogP contribution in [0.25, 0.3) is 0 Å². The van der Waals surface area contributed by atoms with Crippen LogP contribution in [0.5, 0.6) is 11.5 Å². The summed E-state index contributed by atoms with van der Waals surface area (Å²) in [4.78, 5) is 75.8. The molecule has 4 N–H and O–H groups in total. The number of hydrogen-bond acceptors (Lipinski definition) is 10. The standard InChI is InChI=1S/C42H34Br2N6O8/c1-3-37(51)47-31-15-9-25(10-16-31)39(53)49-45-23-27-21-29(43)13-19-35(27)57-41(55)33-7-5-6-8-34(33)42(56)58-36-20-14-30(44)22-28(36)24-46-50-40(54)26-11-17-32(18-12-26)48-38(52)4-2/h5-24H,3-4H2,1-2H3,(H,47,51)(H,48,52)(H,49,53)(H,50,54)/b45-23+,46-24+. The summed E-state index contributed by atoms with van der Waals surface area (Å²) >= 11 is 6.77. The van der Waals surface area contributed by atoms with Crippen molar-refractivity contribution in [3.05, 3.63) is 152 Å². The molecular formula is C42H34Br2N6O8. The van der Waals surface area contributed by atoms with Crippen molar-refractivity contribution in [3.8, 4) is 11.5 Å². The number of ether oxygens (including phenoxy) is 2. The fraction of sp³-hybridized carbons (Fsp3) is 0.0952. The molecule has 5 rings (SSSR count). The van der Waals surface area contributed by atoms with Gasteiger partial charge in [-0.05, 0) is 97.1 Å². The molecule has 0 saturated heterocycles. The van der Waals surface area contributed by atoms with E-state index in [2.05, 4.69) is 63.5 Å². The van der Waals surface area contributed by atoms with Crippen molar-refractivity contribution < 1.29 is 38.2 Å². The van der Waals surface area contributed by atoms with E-state index in [4.69, 9.17) is 9.47 Å². The maximum atomic E-state index is 13.6. The van der Waals surface area contributed by atoms with Crippen LogP contribution in [-0.2, 0) is 9.59 Å². The van der Waals surface area contributed by atoms with Gasteiger partial charge in [0.2, 0.25) is 11.8 Å². The molecule has 0 unspecified atom stereocenters. The summed E-state index contributed by atoms with van der Waals surface area (Å²) in [6, 6.07) is 28.0. The number of carbonyl (C=O) groups excluding carboxylic acids is 6. The first kappa shape index (κ1) is 42.4. The zero-order valence-corrected chi connectivity index (χ0v) is 34.0. The summed E-state index contributed by atoms with van der Waals surface area (Å²) < 4.78 is 12.7. The number of hydrazone groups is 2. The zero-order chi connectivity index (χ0) is 41.6. The molecule has 0 aliphatic rings. The van der Waals surface area contributed by atoms with Gasteiger partial charge in [0.15, 0.2) is 0 Å². The van der Waals surface area contributed by atoms with E-state index in [9.17, 15) is 28.8 Å². The quantitative estimate of drug-likeness (QED) is 0.0374. The highest BCUT2D eigenvalue weighted by molar-refractivity contribution is 9.10. The molecule has 0 bridgehead atoms. The Bertz CT molecular complexity index is 2250. The van der Waals surface area contributed by atoms with Crippen LogP contribution in [0.3, 0.4) is 0 Å². The third kappa shape index (κ3) is 11.9. The number of hydrogen-bond donors (Lipinski definition) is 4. The molecule has 5 aromatic carbocycles. The van der Waals surface area contributed by atoms with E-state index in [1.807, 2.05) is 0 Å². The molecule has 4 amide bonds. The number of halogens is 2. The first-order valence-corrected chi connectivity index (χ1v) is 19.1. The number of nitrogens with zero attached hydrogens (tertiary/aromatic N) is 2. The number of rotatable bonds is 14.